The molecule has 10 heteroatoms. The zero-order valence-corrected chi connectivity index (χ0v) is 18.9. The number of imide groups is 1. The van der Waals surface area contributed by atoms with E-state index in [2.05, 4.69) is 17.2 Å². The molecule has 1 aliphatic heterocycles. The molecule has 1 aromatic carbocycles. The number of fused-ring (bicyclic) bond motifs is 2. The number of nitrogens with one attached hydrogen (secondary N) is 1. The molecule has 0 radical (unpaired) electrons. The highest BCUT2D eigenvalue weighted by molar-refractivity contribution is 7.90. The van der Waals surface area contributed by atoms with Crippen LogP contribution in [-0.4, -0.2) is 54.1 Å². The molecule has 1 N–H and O–H groups in total. The maximum atomic E-state index is 13.2. The summed E-state index contributed by atoms with van der Waals surface area (Å²) in [6.45, 7) is 2.17. The summed E-state index contributed by atoms with van der Waals surface area (Å²) in [7, 11) is -3.41. The summed E-state index contributed by atoms with van der Waals surface area (Å²) in [6.07, 6.45) is 3.66. The van der Waals surface area contributed by atoms with Gasteiger partial charge in [-0.2, -0.15) is 0 Å². The number of carbonyl (C=O) groups excluding carboxylic acids is 3. The Morgan fingerprint density at radius 3 is 2.52 bits per heavy atom. The van der Waals surface area contributed by atoms with Crippen molar-refractivity contribution in [1.29, 1.82) is 0 Å². The molecule has 3 amide bonds. The molecule has 0 fully saturated rings. The lowest BCUT2D eigenvalue weighted by Gasteiger charge is -2.24. The van der Waals surface area contributed by atoms with Gasteiger partial charge in [0.25, 0.3) is 11.8 Å². The lowest BCUT2D eigenvalue weighted by atomic mass is 9.93. The average molecular weight is 462 g/mol. The topological polar surface area (TPSA) is 114 Å². The van der Waals surface area contributed by atoms with Crippen molar-refractivity contribution in [3.8, 4) is 0 Å². The van der Waals surface area contributed by atoms with Gasteiger partial charge in [0.1, 0.15) is 15.9 Å². The minimum absolute atomic E-state index is 0.182. The van der Waals surface area contributed by atoms with E-state index < -0.39 is 33.6 Å². The average Bonchev–Trinajstić information content (AvgIpc) is 3.20. The molecule has 1 aromatic heterocycles. The third-order valence-electron chi connectivity index (χ3n) is 5.62. The molecule has 2 atom stereocenters. The summed E-state index contributed by atoms with van der Waals surface area (Å²) in [5.74, 6) is -1.58. The highest BCUT2D eigenvalue weighted by atomic mass is 32.2. The fourth-order valence-electron chi connectivity index (χ4n) is 3.98. The second-order valence-corrected chi connectivity index (χ2v) is 11.5. The first kappa shape index (κ1) is 21.6. The largest absolute Gasteiger partial charge is 0.300 e. The summed E-state index contributed by atoms with van der Waals surface area (Å²) in [6, 6.07) is 5.08. The Labute approximate surface area is 184 Å². The van der Waals surface area contributed by atoms with Crippen molar-refractivity contribution >= 4 is 44.0 Å². The molecule has 2 aliphatic rings. The summed E-state index contributed by atoms with van der Waals surface area (Å²) < 4.78 is 23.5. The van der Waals surface area contributed by atoms with Crippen molar-refractivity contribution < 1.29 is 22.8 Å². The van der Waals surface area contributed by atoms with Gasteiger partial charge in [-0.05, 0) is 43.7 Å². The number of rotatable bonds is 6. The van der Waals surface area contributed by atoms with Crippen LogP contribution in [0, 0.1) is 5.92 Å². The van der Waals surface area contributed by atoms with Crippen LogP contribution >= 0.6 is 11.3 Å². The van der Waals surface area contributed by atoms with Crippen molar-refractivity contribution in [3.05, 3.63) is 46.0 Å². The monoisotopic (exact) mass is 461 g/mol. The second-order valence-electron chi connectivity index (χ2n) is 8.19. The maximum absolute atomic E-state index is 13.2. The van der Waals surface area contributed by atoms with Crippen molar-refractivity contribution in [1.82, 2.24) is 9.88 Å². The van der Waals surface area contributed by atoms with Gasteiger partial charge in [-0.25, -0.2) is 13.4 Å². The fourth-order valence-corrected chi connectivity index (χ4v) is 5.80. The number of thiazole rings is 1. The molecule has 2 aromatic rings. The van der Waals surface area contributed by atoms with Crippen LogP contribution in [-0.2, 0) is 27.5 Å². The Hall–Kier alpha value is -2.59. The number of sulfone groups is 1. The highest BCUT2D eigenvalue weighted by Gasteiger charge is 2.43. The second kappa shape index (κ2) is 8.16. The molecule has 164 valence electrons. The van der Waals surface area contributed by atoms with Gasteiger partial charge in [-0.1, -0.05) is 19.1 Å². The number of aryl methyl sites for hydroxylation is 1. The minimum atomic E-state index is -3.41. The molecule has 2 unspecified atom stereocenters. The summed E-state index contributed by atoms with van der Waals surface area (Å²) >= 11 is 1.39. The maximum Gasteiger partial charge on any atom is 0.262 e. The number of amides is 3. The molecule has 0 saturated heterocycles. The van der Waals surface area contributed by atoms with Crippen LogP contribution < -0.4 is 5.32 Å². The number of anilines is 1. The number of benzene rings is 1. The van der Waals surface area contributed by atoms with Crippen LogP contribution in [0.25, 0.3) is 0 Å². The quantitative estimate of drug-likeness (QED) is 0.661. The Morgan fingerprint density at radius 1 is 1.26 bits per heavy atom. The Balaban J connectivity index is 1.60. The highest BCUT2D eigenvalue weighted by Crippen LogP contribution is 2.33. The van der Waals surface area contributed by atoms with E-state index in [0.717, 1.165) is 41.0 Å². The normalized spacial score (nSPS) is 19.2. The van der Waals surface area contributed by atoms with Gasteiger partial charge in [0.05, 0.1) is 22.6 Å². The minimum Gasteiger partial charge on any atom is -0.300 e. The molecular formula is C21H23N3O5S2. The van der Waals surface area contributed by atoms with Crippen LogP contribution in [0.3, 0.4) is 0 Å². The number of nitrogens with zero attached hydrogens (tertiary/aromatic N) is 2. The molecular weight excluding hydrogens is 438 g/mol. The molecule has 8 nitrogen and oxygen atoms in total. The number of aromatic nitrogens is 1. The van der Waals surface area contributed by atoms with Crippen LogP contribution in [0.15, 0.2) is 24.3 Å². The first-order valence-corrected chi connectivity index (χ1v) is 13.0. The zero-order chi connectivity index (χ0) is 22.3. The van der Waals surface area contributed by atoms with Crippen LogP contribution in [0.5, 0.6) is 0 Å². The summed E-state index contributed by atoms with van der Waals surface area (Å²) in [4.78, 5) is 45.4. The van der Waals surface area contributed by atoms with E-state index >= 15 is 0 Å². The number of hydrogen-bond acceptors (Lipinski definition) is 7. The molecule has 0 bridgehead atoms. The van der Waals surface area contributed by atoms with E-state index in [1.807, 2.05) is 0 Å². The molecule has 0 spiro atoms. The van der Waals surface area contributed by atoms with Gasteiger partial charge in [0.2, 0.25) is 5.91 Å². The third kappa shape index (κ3) is 4.40. The van der Waals surface area contributed by atoms with Gasteiger partial charge in [-0.3, -0.25) is 19.3 Å². The predicted octanol–water partition coefficient (Wildman–Crippen LogP) is 2.31. The lowest BCUT2D eigenvalue weighted by molar-refractivity contribution is -0.120. The first-order valence-electron chi connectivity index (χ1n) is 10.1. The molecule has 31 heavy (non-hydrogen) atoms. The van der Waals surface area contributed by atoms with Gasteiger partial charge < -0.3 is 5.32 Å². The van der Waals surface area contributed by atoms with Crippen molar-refractivity contribution in [3.63, 3.8) is 0 Å². The first-order chi connectivity index (χ1) is 14.6. The molecule has 2 heterocycles. The predicted molar refractivity (Wildman–Crippen MR) is 117 cm³/mol. The zero-order valence-electron chi connectivity index (χ0n) is 17.3. The number of carbonyl (C=O) groups is 3. The van der Waals surface area contributed by atoms with E-state index in [1.165, 1.54) is 23.5 Å². The van der Waals surface area contributed by atoms with Crippen molar-refractivity contribution in [2.75, 3.05) is 17.3 Å². The van der Waals surface area contributed by atoms with Gasteiger partial charge in [0, 0.05) is 11.1 Å². The Bertz CT molecular complexity index is 1140. The fraction of sp³-hybridized carbons (Fsp3) is 0.429. The van der Waals surface area contributed by atoms with E-state index in [1.54, 1.807) is 12.1 Å². The Kier molecular flexibility index (Phi) is 5.69. The molecule has 4 rings (SSSR count). The van der Waals surface area contributed by atoms with Gasteiger partial charge in [-0.15, -0.1) is 11.3 Å². The van der Waals surface area contributed by atoms with E-state index in [0.29, 0.717) is 11.0 Å². The molecule has 1 aliphatic carbocycles. The van der Waals surface area contributed by atoms with E-state index in [9.17, 15) is 22.8 Å². The van der Waals surface area contributed by atoms with Crippen LogP contribution in [0.2, 0.25) is 0 Å². The smallest absolute Gasteiger partial charge is 0.262 e. The van der Waals surface area contributed by atoms with Crippen LogP contribution in [0.4, 0.5) is 5.13 Å². The lowest BCUT2D eigenvalue weighted by Crippen LogP contribution is -2.48. The summed E-state index contributed by atoms with van der Waals surface area (Å²) in [5.41, 5.74) is 1.39. The van der Waals surface area contributed by atoms with Crippen LogP contribution in [0.1, 0.15) is 51.1 Å². The molecule has 0 saturated carbocycles. The van der Waals surface area contributed by atoms with Crippen molar-refractivity contribution in [2.24, 2.45) is 5.92 Å². The number of hydrogen-bond donors (Lipinski definition) is 1. The van der Waals surface area contributed by atoms with E-state index in [-0.39, 0.29) is 23.3 Å². The van der Waals surface area contributed by atoms with E-state index in [4.69, 9.17) is 0 Å². The third-order valence-corrected chi connectivity index (χ3v) is 7.63. The van der Waals surface area contributed by atoms with Gasteiger partial charge >= 0.3 is 0 Å². The summed E-state index contributed by atoms with van der Waals surface area (Å²) in [5, 5.41) is 3.13. The van der Waals surface area contributed by atoms with Gasteiger partial charge in [0.15, 0.2) is 5.13 Å². The Morgan fingerprint density at radius 2 is 1.90 bits per heavy atom. The van der Waals surface area contributed by atoms with Crippen molar-refractivity contribution in [2.45, 2.75) is 38.6 Å². The SMILES string of the molecule is CC1CCc2nc(NC(=O)C(CCS(C)(=O)=O)N3C(=O)c4ccccc4C3=O)sc2C1. The standard InChI is InChI=1S/C21H23N3O5S2/c1-12-7-8-15-17(11-12)30-21(22-15)23-18(25)16(9-10-31(2,28)29)24-19(26)13-5-3-4-6-14(13)20(24)27/h3-6,12,16H,7-11H2,1-2H3,(H,22,23,25).